The number of aromatic nitrogens is 1. The lowest BCUT2D eigenvalue weighted by Gasteiger charge is -2.17. The molecule has 0 saturated carbocycles. The van der Waals surface area contributed by atoms with Crippen molar-refractivity contribution in [2.45, 2.75) is 33.4 Å². The van der Waals surface area contributed by atoms with Crippen molar-refractivity contribution in [3.05, 3.63) is 58.4 Å². The summed E-state index contributed by atoms with van der Waals surface area (Å²) in [6.45, 7) is 7.05. The first-order valence-corrected chi connectivity index (χ1v) is 9.62. The maximum absolute atomic E-state index is 12.5. The average molecular weight is 395 g/mol. The number of nitrogens with zero attached hydrogens (tertiary/aromatic N) is 3. The molecule has 1 amide bonds. The van der Waals surface area contributed by atoms with Gasteiger partial charge in [0.1, 0.15) is 11.6 Å². The number of carbonyl (C=O) groups excluding carboxylic acids is 1. The van der Waals surface area contributed by atoms with Crippen LogP contribution in [0.3, 0.4) is 0 Å². The molecule has 0 aliphatic heterocycles. The second-order valence-corrected chi connectivity index (χ2v) is 7.41. The van der Waals surface area contributed by atoms with E-state index in [1.807, 2.05) is 69.2 Å². The number of carbonyl (C=O) groups is 1. The molecule has 1 heterocycles. The minimum atomic E-state index is -0.376. The Kier molecular flexibility index (Phi) is 7.63. The molecular formula is C23H30N4O2. The van der Waals surface area contributed by atoms with Gasteiger partial charge in [-0.25, -0.2) is 0 Å². The number of aryl methyl sites for hydroxylation is 1. The van der Waals surface area contributed by atoms with Crippen molar-refractivity contribution in [1.82, 2.24) is 9.88 Å². The third-order valence-corrected chi connectivity index (χ3v) is 4.94. The van der Waals surface area contributed by atoms with E-state index >= 15 is 0 Å². The number of ether oxygens (including phenoxy) is 1. The lowest BCUT2D eigenvalue weighted by Crippen LogP contribution is -2.24. The fraction of sp³-hybridized carbons (Fsp3) is 0.391. The zero-order valence-corrected chi connectivity index (χ0v) is 18.1. The Balaban J connectivity index is 2.14. The Morgan fingerprint density at radius 2 is 1.97 bits per heavy atom. The van der Waals surface area contributed by atoms with Gasteiger partial charge in [-0.1, -0.05) is 12.1 Å². The Morgan fingerprint density at radius 1 is 1.31 bits per heavy atom. The van der Waals surface area contributed by atoms with Gasteiger partial charge in [-0.2, -0.15) is 5.26 Å². The molecule has 154 valence electrons. The van der Waals surface area contributed by atoms with Crippen LogP contribution in [0.25, 0.3) is 6.08 Å². The van der Waals surface area contributed by atoms with Crippen LogP contribution >= 0.6 is 0 Å². The first kappa shape index (κ1) is 22.3. The van der Waals surface area contributed by atoms with Crippen molar-refractivity contribution >= 4 is 17.7 Å². The van der Waals surface area contributed by atoms with Crippen LogP contribution in [0, 0.1) is 25.2 Å². The van der Waals surface area contributed by atoms with Crippen LogP contribution < -0.4 is 10.2 Å². The summed E-state index contributed by atoms with van der Waals surface area (Å²) in [5, 5.41) is 12.3. The Hall–Kier alpha value is -3.04. The lowest BCUT2D eigenvalue weighted by molar-refractivity contribution is -0.117. The molecule has 0 radical (unpaired) electrons. The zero-order valence-electron chi connectivity index (χ0n) is 18.1. The van der Waals surface area contributed by atoms with Crippen LogP contribution in [0.1, 0.15) is 35.5 Å². The third-order valence-electron chi connectivity index (χ3n) is 4.94. The molecule has 1 aromatic heterocycles. The maximum Gasteiger partial charge on any atom is 0.262 e. The molecule has 0 saturated heterocycles. The van der Waals surface area contributed by atoms with Crippen LogP contribution in [0.4, 0.5) is 5.69 Å². The molecule has 6 nitrogen and oxygen atoms in total. The molecule has 1 atom stereocenters. The summed E-state index contributed by atoms with van der Waals surface area (Å²) in [6.07, 6.45) is 1.66. The first-order valence-electron chi connectivity index (χ1n) is 9.62. The average Bonchev–Trinajstić information content (AvgIpc) is 2.97. The Labute approximate surface area is 173 Å². The Morgan fingerprint density at radius 3 is 2.52 bits per heavy atom. The van der Waals surface area contributed by atoms with E-state index < -0.39 is 0 Å². The van der Waals surface area contributed by atoms with E-state index in [2.05, 4.69) is 16.8 Å². The highest BCUT2D eigenvalue weighted by atomic mass is 16.5. The SMILES string of the molecule is COCC(C)n1c(C)cc(/C=C(\C#N)C(=O)NCc2ccc(N(C)C)cc2)c1C. The fourth-order valence-corrected chi connectivity index (χ4v) is 3.44. The quantitative estimate of drug-likeness (QED) is 0.549. The summed E-state index contributed by atoms with van der Waals surface area (Å²) >= 11 is 0. The predicted molar refractivity (Wildman–Crippen MR) is 117 cm³/mol. The molecule has 0 aliphatic rings. The number of rotatable bonds is 8. The third kappa shape index (κ3) is 5.49. The van der Waals surface area contributed by atoms with Gasteiger partial charge in [-0.3, -0.25) is 4.79 Å². The van der Waals surface area contributed by atoms with Gasteiger partial charge in [0.05, 0.1) is 12.6 Å². The number of nitrogens with one attached hydrogen (secondary N) is 1. The normalized spacial score (nSPS) is 12.4. The highest BCUT2D eigenvalue weighted by Crippen LogP contribution is 2.23. The molecule has 29 heavy (non-hydrogen) atoms. The molecule has 2 rings (SSSR count). The second-order valence-electron chi connectivity index (χ2n) is 7.41. The highest BCUT2D eigenvalue weighted by molar-refractivity contribution is 6.01. The number of amides is 1. The predicted octanol–water partition coefficient (Wildman–Crippen LogP) is 3.60. The minimum Gasteiger partial charge on any atom is -0.383 e. The van der Waals surface area contributed by atoms with Gasteiger partial charge in [0.15, 0.2) is 0 Å². The Bertz CT molecular complexity index is 918. The fourth-order valence-electron chi connectivity index (χ4n) is 3.44. The minimum absolute atomic E-state index is 0.0922. The second kappa shape index (κ2) is 9.94. The number of benzene rings is 1. The monoisotopic (exact) mass is 394 g/mol. The van der Waals surface area contributed by atoms with E-state index in [9.17, 15) is 10.1 Å². The van der Waals surface area contributed by atoms with Crippen LogP contribution in [-0.2, 0) is 16.1 Å². The van der Waals surface area contributed by atoms with Crippen LogP contribution in [-0.4, -0.2) is 38.3 Å². The number of hydrogen-bond donors (Lipinski definition) is 1. The molecule has 1 aromatic carbocycles. The zero-order chi connectivity index (χ0) is 21.6. The van der Waals surface area contributed by atoms with Gasteiger partial charge in [-0.15, -0.1) is 0 Å². The van der Waals surface area contributed by atoms with Crippen molar-refractivity contribution in [2.75, 3.05) is 32.7 Å². The highest BCUT2D eigenvalue weighted by Gasteiger charge is 2.15. The summed E-state index contributed by atoms with van der Waals surface area (Å²) in [5.74, 6) is -0.376. The largest absolute Gasteiger partial charge is 0.383 e. The summed E-state index contributed by atoms with van der Waals surface area (Å²) < 4.78 is 7.42. The first-order chi connectivity index (χ1) is 13.8. The molecule has 6 heteroatoms. The number of anilines is 1. The van der Waals surface area contributed by atoms with Crippen molar-refractivity contribution in [3.63, 3.8) is 0 Å². The van der Waals surface area contributed by atoms with Crippen molar-refractivity contribution < 1.29 is 9.53 Å². The summed E-state index contributed by atoms with van der Waals surface area (Å²) in [6, 6.07) is 12.1. The molecule has 1 unspecified atom stereocenters. The van der Waals surface area contributed by atoms with Gasteiger partial charge in [0, 0.05) is 44.8 Å². The molecular weight excluding hydrogens is 364 g/mol. The number of nitriles is 1. The van der Waals surface area contributed by atoms with E-state index in [1.54, 1.807) is 13.2 Å². The maximum atomic E-state index is 12.5. The molecule has 2 aromatic rings. The van der Waals surface area contributed by atoms with E-state index in [1.165, 1.54) is 0 Å². The summed E-state index contributed by atoms with van der Waals surface area (Å²) in [7, 11) is 5.64. The van der Waals surface area contributed by atoms with E-state index in [0.717, 1.165) is 28.2 Å². The lowest BCUT2D eigenvalue weighted by atomic mass is 10.1. The number of hydrogen-bond acceptors (Lipinski definition) is 4. The van der Waals surface area contributed by atoms with Gasteiger partial charge in [0.2, 0.25) is 0 Å². The van der Waals surface area contributed by atoms with Gasteiger partial charge < -0.3 is 19.5 Å². The standard InChI is InChI=1S/C23H30N4O2/c1-16-11-20(18(3)27(16)17(2)15-29-6)12-21(13-24)23(28)25-14-19-7-9-22(10-8-19)26(4)5/h7-12,17H,14-15H2,1-6H3,(H,25,28)/b21-12+. The molecule has 0 aliphatic carbocycles. The topological polar surface area (TPSA) is 70.3 Å². The van der Waals surface area contributed by atoms with Gasteiger partial charge in [0.25, 0.3) is 5.91 Å². The number of methoxy groups -OCH3 is 1. The van der Waals surface area contributed by atoms with Crippen molar-refractivity contribution in [2.24, 2.45) is 0 Å². The van der Waals surface area contributed by atoms with Crippen LogP contribution in [0.2, 0.25) is 0 Å². The van der Waals surface area contributed by atoms with E-state index in [-0.39, 0.29) is 17.5 Å². The van der Waals surface area contributed by atoms with Crippen molar-refractivity contribution in [3.8, 4) is 6.07 Å². The molecule has 0 bridgehead atoms. The summed E-state index contributed by atoms with van der Waals surface area (Å²) in [5.41, 5.74) is 5.11. The van der Waals surface area contributed by atoms with Gasteiger partial charge in [-0.05, 0) is 56.2 Å². The smallest absolute Gasteiger partial charge is 0.262 e. The molecule has 1 N–H and O–H groups in total. The molecule has 0 spiro atoms. The van der Waals surface area contributed by atoms with E-state index in [4.69, 9.17) is 4.74 Å². The summed E-state index contributed by atoms with van der Waals surface area (Å²) in [4.78, 5) is 14.5. The van der Waals surface area contributed by atoms with Crippen molar-refractivity contribution in [1.29, 1.82) is 5.26 Å². The van der Waals surface area contributed by atoms with Crippen LogP contribution in [0.5, 0.6) is 0 Å². The molecule has 0 fully saturated rings. The van der Waals surface area contributed by atoms with Gasteiger partial charge >= 0.3 is 0 Å². The van der Waals surface area contributed by atoms with E-state index in [0.29, 0.717) is 13.2 Å². The van der Waals surface area contributed by atoms with Crippen LogP contribution in [0.15, 0.2) is 35.9 Å².